The molecule has 0 bridgehead atoms. The number of fused-ring (bicyclic) bond motifs is 2. The summed E-state index contributed by atoms with van der Waals surface area (Å²) in [5.74, 6) is -0.180. The number of nitrogens with zero attached hydrogens (tertiary/aromatic N) is 3. The topological polar surface area (TPSA) is 67.8 Å². The van der Waals surface area contributed by atoms with Crippen molar-refractivity contribution in [3.63, 3.8) is 0 Å². The van der Waals surface area contributed by atoms with Gasteiger partial charge in [-0.3, -0.25) is 10.1 Å². The van der Waals surface area contributed by atoms with Crippen molar-refractivity contribution in [2.24, 2.45) is 0 Å². The summed E-state index contributed by atoms with van der Waals surface area (Å²) in [5.41, 5.74) is 2.67. The molecule has 0 aliphatic rings. The third-order valence-electron chi connectivity index (χ3n) is 4.78. The van der Waals surface area contributed by atoms with E-state index in [1.165, 1.54) is 33.5 Å². The Morgan fingerprint density at radius 3 is 2.67 bits per heavy atom. The molecule has 0 unspecified atom stereocenters. The molecule has 0 atom stereocenters. The number of para-hydroxylation sites is 1. The van der Waals surface area contributed by atoms with Crippen LogP contribution >= 0.6 is 34.4 Å². The van der Waals surface area contributed by atoms with Crippen LogP contribution in [0.1, 0.15) is 20.8 Å². The Labute approximate surface area is 185 Å². The fraction of sp³-hybridized carbons (Fsp3) is 0.0909. The summed E-state index contributed by atoms with van der Waals surface area (Å²) < 4.78 is 1.04. The number of rotatable bonds is 4. The zero-order valence-corrected chi connectivity index (χ0v) is 18.6. The molecule has 148 valence electrons. The van der Waals surface area contributed by atoms with Gasteiger partial charge in [0.2, 0.25) is 0 Å². The number of amides is 1. The average molecular weight is 449 g/mol. The molecule has 3 heterocycles. The molecule has 0 aliphatic carbocycles. The van der Waals surface area contributed by atoms with Gasteiger partial charge >= 0.3 is 0 Å². The maximum atomic E-state index is 13.0. The average Bonchev–Trinajstić information content (AvgIpc) is 3.28. The first-order chi connectivity index (χ1) is 14.6. The largest absolute Gasteiger partial charge is 0.298 e. The molecule has 5 rings (SSSR count). The van der Waals surface area contributed by atoms with Gasteiger partial charge in [0.1, 0.15) is 16.2 Å². The van der Waals surface area contributed by atoms with Crippen LogP contribution < -0.4 is 5.32 Å². The van der Waals surface area contributed by atoms with Gasteiger partial charge in [-0.05, 0) is 43.7 Å². The van der Waals surface area contributed by atoms with E-state index in [4.69, 9.17) is 0 Å². The summed E-state index contributed by atoms with van der Waals surface area (Å²) in [4.78, 5) is 29.5. The van der Waals surface area contributed by atoms with Crippen LogP contribution in [-0.2, 0) is 0 Å². The molecule has 0 spiro atoms. The van der Waals surface area contributed by atoms with E-state index in [1.54, 1.807) is 17.7 Å². The Kier molecular flexibility index (Phi) is 4.98. The summed E-state index contributed by atoms with van der Waals surface area (Å²) in [5, 5.41) is 5.47. The van der Waals surface area contributed by atoms with Gasteiger partial charge < -0.3 is 0 Å². The smallest absolute Gasteiger partial charge is 0.258 e. The molecule has 1 amide bonds. The highest BCUT2D eigenvalue weighted by Crippen LogP contribution is 2.38. The number of nitrogens with one attached hydrogen (secondary N) is 1. The molecule has 3 aromatic heterocycles. The lowest BCUT2D eigenvalue weighted by Gasteiger charge is -2.09. The van der Waals surface area contributed by atoms with Gasteiger partial charge in [0.25, 0.3) is 5.91 Å². The van der Waals surface area contributed by atoms with Crippen LogP contribution in [-0.4, -0.2) is 20.9 Å². The van der Waals surface area contributed by atoms with Crippen molar-refractivity contribution >= 4 is 65.9 Å². The van der Waals surface area contributed by atoms with Gasteiger partial charge in [-0.25, -0.2) is 15.0 Å². The molecular weight excluding hydrogens is 432 g/mol. The van der Waals surface area contributed by atoms with Crippen LogP contribution in [0.15, 0.2) is 64.8 Å². The molecular formula is C22H16N4OS3. The molecule has 2 aromatic carbocycles. The molecule has 5 nitrogen and oxygen atoms in total. The number of thiophene rings is 1. The van der Waals surface area contributed by atoms with Crippen LogP contribution in [0.2, 0.25) is 0 Å². The lowest BCUT2D eigenvalue weighted by atomic mass is 10.2. The summed E-state index contributed by atoms with van der Waals surface area (Å²) >= 11 is 4.63. The number of hydrogen-bond acceptors (Lipinski definition) is 7. The summed E-state index contributed by atoms with van der Waals surface area (Å²) in [6.45, 7) is 4.18. The van der Waals surface area contributed by atoms with Gasteiger partial charge in [-0.1, -0.05) is 47.4 Å². The minimum atomic E-state index is -0.180. The maximum absolute atomic E-state index is 13.0. The monoisotopic (exact) mass is 448 g/mol. The molecule has 0 radical (unpaired) electrons. The quantitative estimate of drug-likeness (QED) is 0.326. The number of aryl methyl sites for hydroxylation is 2. The summed E-state index contributed by atoms with van der Waals surface area (Å²) in [6, 6.07) is 15.4. The van der Waals surface area contributed by atoms with Crippen molar-refractivity contribution < 1.29 is 4.79 Å². The van der Waals surface area contributed by atoms with Gasteiger partial charge in [0.05, 0.1) is 15.8 Å². The van der Waals surface area contributed by atoms with Crippen molar-refractivity contribution in [1.82, 2.24) is 15.0 Å². The van der Waals surface area contributed by atoms with E-state index >= 15 is 0 Å². The van der Waals surface area contributed by atoms with Crippen molar-refractivity contribution in [3.05, 3.63) is 70.9 Å². The van der Waals surface area contributed by atoms with Gasteiger partial charge in [0.15, 0.2) is 5.13 Å². The molecule has 30 heavy (non-hydrogen) atoms. The molecule has 8 heteroatoms. The molecule has 0 fully saturated rings. The minimum Gasteiger partial charge on any atom is -0.298 e. The van der Waals surface area contributed by atoms with Crippen molar-refractivity contribution in [2.75, 3.05) is 5.32 Å². The molecule has 0 saturated heterocycles. The van der Waals surface area contributed by atoms with E-state index in [0.717, 1.165) is 30.4 Å². The standard InChI is InChI=1S/C22H16N4OS3/c1-12-13(2)28-20-18(12)21(24-11-23-20)29-16-9-5-3-7-14(16)19(27)26-22-25-15-8-4-6-10-17(15)30-22/h3-11H,1-2H3,(H,25,26,27). The first-order valence-corrected chi connectivity index (χ1v) is 11.7. The fourth-order valence-corrected chi connectivity index (χ4v) is 6.16. The van der Waals surface area contributed by atoms with Crippen LogP contribution in [0.4, 0.5) is 5.13 Å². The lowest BCUT2D eigenvalue weighted by Crippen LogP contribution is -2.12. The molecule has 0 saturated carbocycles. The second-order valence-electron chi connectivity index (χ2n) is 6.68. The molecule has 1 N–H and O–H groups in total. The highest BCUT2D eigenvalue weighted by atomic mass is 32.2. The second-order valence-corrected chi connectivity index (χ2v) is 9.95. The zero-order valence-electron chi connectivity index (χ0n) is 16.2. The van der Waals surface area contributed by atoms with Crippen LogP contribution in [0.3, 0.4) is 0 Å². The number of aromatic nitrogens is 3. The normalized spacial score (nSPS) is 11.3. The lowest BCUT2D eigenvalue weighted by molar-refractivity contribution is 0.102. The number of hydrogen-bond donors (Lipinski definition) is 1. The van der Waals surface area contributed by atoms with Gasteiger partial charge in [0, 0.05) is 15.2 Å². The van der Waals surface area contributed by atoms with Crippen LogP contribution in [0.25, 0.3) is 20.4 Å². The Hall–Kier alpha value is -2.81. The first-order valence-electron chi connectivity index (χ1n) is 9.24. The van der Waals surface area contributed by atoms with E-state index < -0.39 is 0 Å². The van der Waals surface area contributed by atoms with Crippen molar-refractivity contribution in [1.29, 1.82) is 0 Å². The van der Waals surface area contributed by atoms with Crippen LogP contribution in [0, 0.1) is 13.8 Å². The van der Waals surface area contributed by atoms with Crippen LogP contribution in [0.5, 0.6) is 0 Å². The number of thiazole rings is 1. The van der Waals surface area contributed by atoms with Gasteiger partial charge in [-0.2, -0.15) is 0 Å². The Bertz CT molecular complexity index is 1370. The third kappa shape index (κ3) is 3.47. The fourth-order valence-electron chi connectivity index (χ4n) is 3.16. The van der Waals surface area contributed by atoms with E-state index in [2.05, 4.69) is 34.1 Å². The Balaban J connectivity index is 1.48. The Morgan fingerprint density at radius 2 is 1.80 bits per heavy atom. The number of carbonyl (C=O) groups is 1. The third-order valence-corrected chi connectivity index (χ3v) is 7.93. The Morgan fingerprint density at radius 1 is 1.00 bits per heavy atom. The van der Waals surface area contributed by atoms with E-state index in [0.29, 0.717) is 10.7 Å². The van der Waals surface area contributed by atoms with Crippen molar-refractivity contribution in [3.8, 4) is 0 Å². The van der Waals surface area contributed by atoms with E-state index in [1.807, 2.05) is 48.5 Å². The number of anilines is 1. The van der Waals surface area contributed by atoms with Gasteiger partial charge in [-0.15, -0.1) is 11.3 Å². The van der Waals surface area contributed by atoms with E-state index in [-0.39, 0.29) is 5.91 Å². The highest BCUT2D eigenvalue weighted by molar-refractivity contribution is 7.99. The van der Waals surface area contributed by atoms with E-state index in [9.17, 15) is 4.79 Å². The predicted octanol–water partition coefficient (Wildman–Crippen LogP) is 6.32. The summed E-state index contributed by atoms with van der Waals surface area (Å²) in [6.07, 6.45) is 1.59. The number of benzene rings is 2. The predicted molar refractivity (Wildman–Crippen MR) is 125 cm³/mol. The minimum absolute atomic E-state index is 0.180. The maximum Gasteiger partial charge on any atom is 0.258 e. The molecule has 5 aromatic rings. The second kappa shape index (κ2) is 7.79. The van der Waals surface area contributed by atoms with Crippen molar-refractivity contribution in [2.45, 2.75) is 23.8 Å². The SMILES string of the molecule is Cc1sc2ncnc(Sc3ccccc3C(=O)Nc3nc4ccccc4s3)c2c1C. The summed E-state index contributed by atoms with van der Waals surface area (Å²) in [7, 11) is 0. The first kappa shape index (κ1) is 19.2. The zero-order chi connectivity index (χ0) is 20.7. The molecule has 0 aliphatic heterocycles. The number of carbonyl (C=O) groups excluding carboxylic acids is 1. The highest BCUT2D eigenvalue weighted by Gasteiger charge is 2.18.